The molecule has 0 bridgehead atoms. The maximum absolute atomic E-state index is 5.94. The Balaban J connectivity index is 1.65. The van der Waals surface area contributed by atoms with E-state index in [9.17, 15) is 0 Å². The molecule has 3 nitrogen and oxygen atoms in total. The summed E-state index contributed by atoms with van der Waals surface area (Å²) >= 11 is 0. The first-order valence-electron chi connectivity index (χ1n) is 8.06. The van der Waals surface area contributed by atoms with Gasteiger partial charge in [0.15, 0.2) is 11.3 Å². The molecule has 1 atom stereocenters. The van der Waals surface area contributed by atoms with Gasteiger partial charge in [-0.2, -0.15) is 0 Å². The fourth-order valence-corrected chi connectivity index (χ4v) is 3.40. The Morgan fingerprint density at radius 2 is 2.10 bits per heavy atom. The minimum atomic E-state index is 0.556. The molecule has 1 heterocycles. The third kappa shape index (κ3) is 3.24. The molecule has 0 saturated heterocycles. The lowest BCUT2D eigenvalue weighted by Crippen LogP contribution is -2.34. The predicted octanol–water partition coefficient (Wildman–Crippen LogP) is 4.50. The van der Waals surface area contributed by atoms with Crippen molar-refractivity contribution in [1.29, 1.82) is 0 Å². The van der Waals surface area contributed by atoms with Crippen molar-refractivity contribution in [3.05, 3.63) is 30.0 Å². The van der Waals surface area contributed by atoms with Crippen LogP contribution in [0.25, 0.3) is 11.0 Å². The number of furan rings is 1. The monoisotopic (exact) mass is 287 g/mol. The van der Waals surface area contributed by atoms with Crippen LogP contribution < -0.4 is 10.1 Å². The van der Waals surface area contributed by atoms with Crippen LogP contribution >= 0.6 is 0 Å². The van der Waals surface area contributed by atoms with E-state index in [1.165, 1.54) is 32.1 Å². The molecule has 2 aromatic rings. The number of para-hydroxylation sites is 1. The van der Waals surface area contributed by atoms with E-state index in [1.54, 1.807) is 7.11 Å². The van der Waals surface area contributed by atoms with Crippen LogP contribution in [-0.4, -0.2) is 13.2 Å². The molecule has 1 aromatic heterocycles. The number of fused-ring (bicyclic) bond motifs is 1. The number of benzene rings is 1. The van der Waals surface area contributed by atoms with Crippen molar-refractivity contribution in [1.82, 2.24) is 5.32 Å². The van der Waals surface area contributed by atoms with E-state index in [1.807, 2.05) is 12.1 Å². The van der Waals surface area contributed by atoms with E-state index in [0.717, 1.165) is 34.9 Å². The van der Waals surface area contributed by atoms with Crippen molar-refractivity contribution >= 4 is 11.0 Å². The average molecular weight is 287 g/mol. The Hall–Kier alpha value is -1.48. The van der Waals surface area contributed by atoms with Crippen LogP contribution in [0.4, 0.5) is 0 Å². The predicted molar refractivity (Wildman–Crippen MR) is 85.6 cm³/mol. The lowest BCUT2D eigenvalue weighted by Gasteiger charge is -2.28. The molecule has 0 unspecified atom stereocenters. The van der Waals surface area contributed by atoms with E-state index in [0.29, 0.717) is 6.04 Å². The van der Waals surface area contributed by atoms with Crippen LogP contribution in [0.5, 0.6) is 5.75 Å². The fraction of sp³-hybridized carbons (Fsp3) is 0.556. The molecule has 1 fully saturated rings. The summed E-state index contributed by atoms with van der Waals surface area (Å²) in [5.74, 6) is 2.61. The summed E-state index contributed by atoms with van der Waals surface area (Å²) in [5.41, 5.74) is 0.849. The van der Waals surface area contributed by atoms with Gasteiger partial charge in [-0.25, -0.2) is 0 Å². The highest BCUT2D eigenvalue weighted by atomic mass is 16.5. The van der Waals surface area contributed by atoms with Gasteiger partial charge >= 0.3 is 0 Å². The first-order chi connectivity index (χ1) is 10.3. The number of ether oxygens (including phenoxy) is 1. The zero-order valence-electron chi connectivity index (χ0n) is 13.0. The van der Waals surface area contributed by atoms with E-state index in [2.05, 4.69) is 24.4 Å². The van der Waals surface area contributed by atoms with Gasteiger partial charge in [-0.05, 0) is 37.8 Å². The zero-order valence-corrected chi connectivity index (χ0v) is 13.0. The largest absolute Gasteiger partial charge is 0.493 e. The molecule has 1 aliphatic rings. The molecule has 1 saturated carbocycles. The van der Waals surface area contributed by atoms with Crippen molar-refractivity contribution in [3.8, 4) is 5.75 Å². The maximum atomic E-state index is 5.94. The quantitative estimate of drug-likeness (QED) is 0.879. The van der Waals surface area contributed by atoms with Crippen LogP contribution in [-0.2, 0) is 6.54 Å². The molecule has 3 heteroatoms. The fourth-order valence-electron chi connectivity index (χ4n) is 3.40. The van der Waals surface area contributed by atoms with E-state index < -0.39 is 0 Å². The summed E-state index contributed by atoms with van der Waals surface area (Å²) in [7, 11) is 1.68. The molecular formula is C18H25NO2. The topological polar surface area (TPSA) is 34.4 Å². The van der Waals surface area contributed by atoms with Gasteiger partial charge in [-0.1, -0.05) is 31.4 Å². The zero-order chi connectivity index (χ0) is 14.7. The number of rotatable bonds is 5. The Bertz CT molecular complexity index is 584. The summed E-state index contributed by atoms with van der Waals surface area (Å²) in [6.07, 6.45) is 6.91. The molecule has 1 aliphatic carbocycles. The summed E-state index contributed by atoms with van der Waals surface area (Å²) in [4.78, 5) is 0. The van der Waals surface area contributed by atoms with Crippen molar-refractivity contribution < 1.29 is 9.15 Å². The first kappa shape index (κ1) is 14.5. The molecule has 21 heavy (non-hydrogen) atoms. The summed E-state index contributed by atoms with van der Waals surface area (Å²) < 4.78 is 11.3. The average Bonchev–Trinajstić information content (AvgIpc) is 2.96. The lowest BCUT2D eigenvalue weighted by molar-refractivity contribution is 0.276. The molecule has 1 N–H and O–H groups in total. The normalized spacial score (nSPS) is 18.0. The second-order valence-corrected chi connectivity index (χ2v) is 6.16. The van der Waals surface area contributed by atoms with Crippen LogP contribution in [0.3, 0.4) is 0 Å². The van der Waals surface area contributed by atoms with Gasteiger partial charge < -0.3 is 14.5 Å². The SMILES string of the molecule is COc1cccc2cc(CN[C@@H](C)C3CCCCC3)oc12. The number of methoxy groups -OCH3 is 1. The van der Waals surface area contributed by atoms with E-state index in [4.69, 9.17) is 9.15 Å². The van der Waals surface area contributed by atoms with Gasteiger partial charge in [0.1, 0.15) is 5.76 Å². The highest BCUT2D eigenvalue weighted by molar-refractivity contribution is 5.83. The van der Waals surface area contributed by atoms with Gasteiger partial charge in [0.2, 0.25) is 0 Å². The number of nitrogens with one attached hydrogen (secondary N) is 1. The van der Waals surface area contributed by atoms with Gasteiger partial charge in [0.25, 0.3) is 0 Å². The standard InChI is InChI=1S/C18H25NO2/c1-13(14-7-4-3-5-8-14)19-12-16-11-15-9-6-10-17(20-2)18(15)21-16/h6,9-11,13-14,19H,3-5,7-8,12H2,1-2H3/t13-/m0/s1. The Morgan fingerprint density at radius 1 is 1.29 bits per heavy atom. The van der Waals surface area contributed by atoms with Gasteiger partial charge in [0, 0.05) is 11.4 Å². The molecule has 114 valence electrons. The van der Waals surface area contributed by atoms with Crippen molar-refractivity contribution in [3.63, 3.8) is 0 Å². The van der Waals surface area contributed by atoms with Gasteiger partial charge in [-0.15, -0.1) is 0 Å². The van der Waals surface area contributed by atoms with Crippen molar-refractivity contribution in [2.24, 2.45) is 5.92 Å². The highest BCUT2D eigenvalue weighted by Gasteiger charge is 2.20. The van der Waals surface area contributed by atoms with Crippen LogP contribution in [0.2, 0.25) is 0 Å². The number of hydrogen-bond acceptors (Lipinski definition) is 3. The van der Waals surface area contributed by atoms with Crippen LogP contribution in [0, 0.1) is 5.92 Å². The molecule has 0 aliphatic heterocycles. The second kappa shape index (κ2) is 6.52. The Kier molecular flexibility index (Phi) is 4.49. The minimum absolute atomic E-state index is 0.556. The second-order valence-electron chi connectivity index (χ2n) is 6.16. The van der Waals surface area contributed by atoms with Crippen LogP contribution in [0.1, 0.15) is 44.8 Å². The lowest BCUT2D eigenvalue weighted by atomic mass is 9.84. The van der Waals surface area contributed by atoms with Crippen molar-refractivity contribution in [2.75, 3.05) is 7.11 Å². The number of hydrogen-bond donors (Lipinski definition) is 1. The molecular weight excluding hydrogens is 262 g/mol. The molecule has 0 spiro atoms. The van der Waals surface area contributed by atoms with Gasteiger partial charge in [0.05, 0.1) is 13.7 Å². The summed E-state index contributed by atoms with van der Waals surface area (Å²) in [6.45, 7) is 3.09. The maximum Gasteiger partial charge on any atom is 0.176 e. The molecule has 3 rings (SSSR count). The van der Waals surface area contributed by atoms with E-state index >= 15 is 0 Å². The van der Waals surface area contributed by atoms with Crippen molar-refractivity contribution in [2.45, 2.75) is 51.6 Å². The first-order valence-corrected chi connectivity index (χ1v) is 8.06. The summed E-state index contributed by atoms with van der Waals surface area (Å²) in [6, 6.07) is 8.67. The molecule has 0 amide bonds. The minimum Gasteiger partial charge on any atom is -0.493 e. The van der Waals surface area contributed by atoms with Crippen LogP contribution in [0.15, 0.2) is 28.7 Å². The smallest absolute Gasteiger partial charge is 0.176 e. The molecule has 0 radical (unpaired) electrons. The molecule has 1 aromatic carbocycles. The van der Waals surface area contributed by atoms with Gasteiger partial charge in [-0.3, -0.25) is 0 Å². The highest BCUT2D eigenvalue weighted by Crippen LogP contribution is 2.29. The summed E-state index contributed by atoms with van der Waals surface area (Å²) in [5, 5.41) is 4.74. The third-order valence-electron chi connectivity index (χ3n) is 4.73. The van der Waals surface area contributed by atoms with E-state index in [-0.39, 0.29) is 0 Å². The Morgan fingerprint density at radius 3 is 2.86 bits per heavy atom. The Labute approximate surface area is 126 Å². The third-order valence-corrected chi connectivity index (χ3v) is 4.73.